The monoisotopic (exact) mass is 312 g/mol. The van der Waals surface area contributed by atoms with Crippen molar-refractivity contribution in [3.05, 3.63) is 47.4 Å². The lowest BCUT2D eigenvalue weighted by molar-refractivity contribution is 0.0948. The highest BCUT2D eigenvalue weighted by Crippen LogP contribution is 2.07. The first-order chi connectivity index (χ1) is 11.0. The van der Waals surface area contributed by atoms with Gasteiger partial charge < -0.3 is 9.72 Å². The molecule has 0 aliphatic heterocycles. The molecule has 0 spiro atoms. The van der Waals surface area contributed by atoms with Gasteiger partial charge in [-0.15, -0.1) is 0 Å². The molecule has 0 aromatic carbocycles. The standard InChI is InChI=1S/C16H20N6O/c1-11-5-6-15-19-14(10-21(15)9-11)16(23)17-7-4-8-22-13(3)18-12(2)20-22/h5-6,9-10H,4,7-8H2,1-3H3,(H,17,23). The molecule has 7 nitrogen and oxygen atoms in total. The van der Waals surface area contributed by atoms with Crippen molar-refractivity contribution in [3.8, 4) is 0 Å². The number of amides is 1. The summed E-state index contributed by atoms with van der Waals surface area (Å²) in [5, 5.41) is 7.19. The van der Waals surface area contributed by atoms with Crippen LogP contribution in [0.3, 0.4) is 0 Å². The lowest BCUT2D eigenvalue weighted by Crippen LogP contribution is -2.25. The van der Waals surface area contributed by atoms with Crippen LogP contribution in [0, 0.1) is 20.8 Å². The number of nitrogens with one attached hydrogen (secondary N) is 1. The molecular weight excluding hydrogens is 292 g/mol. The van der Waals surface area contributed by atoms with Crippen LogP contribution in [0.15, 0.2) is 24.5 Å². The van der Waals surface area contributed by atoms with Gasteiger partial charge in [-0.1, -0.05) is 6.07 Å². The minimum atomic E-state index is -0.155. The van der Waals surface area contributed by atoms with Crippen LogP contribution >= 0.6 is 0 Å². The number of rotatable bonds is 5. The van der Waals surface area contributed by atoms with Crippen molar-refractivity contribution in [3.63, 3.8) is 0 Å². The van der Waals surface area contributed by atoms with E-state index in [9.17, 15) is 4.79 Å². The second-order valence-corrected chi connectivity index (χ2v) is 5.64. The molecule has 3 aromatic heterocycles. The van der Waals surface area contributed by atoms with Gasteiger partial charge in [0, 0.05) is 25.5 Å². The molecule has 0 unspecified atom stereocenters. The second kappa shape index (κ2) is 6.20. The predicted octanol–water partition coefficient (Wildman–Crippen LogP) is 1.67. The predicted molar refractivity (Wildman–Crippen MR) is 86.4 cm³/mol. The fourth-order valence-corrected chi connectivity index (χ4v) is 2.51. The molecule has 7 heteroatoms. The van der Waals surface area contributed by atoms with Crippen molar-refractivity contribution in [1.82, 2.24) is 29.5 Å². The van der Waals surface area contributed by atoms with E-state index in [4.69, 9.17) is 0 Å². The Balaban J connectivity index is 1.55. The maximum Gasteiger partial charge on any atom is 0.271 e. The molecule has 1 amide bonds. The van der Waals surface area contributed by atoms with Gasteiger partial charge in [0.05, 0.1) is 0 Å². The lowest BCUT2D eigenvalue weighted by atomic mass is 10.3. The summed E-state index contributed by atoms with van der Waals surface area (Å²) >= 11 is 0. The number of carbonyl (C=O) groups is 1. The molecular formula is C16H20N6O. The first kappa shape index (κ1) is 15.2. The summed E-state index contributed by atoms with van der Waals surface area (Å²) in [7, 11) is 0. The van der Waals surface area contributed by atoms with Gasteiger partial charge in [0.15, 0.2) is 0 Å². The van der Waals surface area contributed by atoms with Crippen molar-refractivity contribution >= 4 is 11.6 Å². The summed E-state index contributed by atoms with van der Waals surface area (Å²) in [4.78, 5) is 20.7. The van der Waals surface area contributed by atoms with Gasteiger partial charge in [-0.3, -0.25) is 9.48 Å². The summed E-state index contributed by atoms with van der Waals surface area (Å²) in [6.45, 7) is 7.11. The molecule has 3 aromatic rings. The van der Waals surface area contributed by atoms with Gasteiger partial charge in [0.1, 0.15) is 23.0 Å². The number of hydrogen-bond donors (Lipinski definition) is 1. The topological polar surface area (TPSA) is 77.1 Å². The van der Waals surface area contributed by atoms with Gasteiger partial charge in [0.2, 0.25) is 0 Å². The average Bonchev–Trinajstić information content (AvgIpc) is 3.06. The molecule has 0 bridgehead atoms. The van der Waals surface area contributed by atoms with Crippen LogP contribution in [0.4, 0.5) is 0 Å². The fourth-order valence-electron chi connectivity index (χ4n) is 2.51. The van der Waals surface area contributed by atoms with Crippen LogP contribution in [-0.2, 0) is 6.54 Å². The summed E-state index contributed by atoms with van der Waals surface area (Å²) in [5.41, 5.74) is 2.33. The Hall–Kier alpha value is -2.70. The third-order valence-corrected chi connectivity index (χ3v) is 3.63. The molecule has 0 aliphatic carbocycles. The van der Waals surface area contributed by atoms with Crippen LogP contribution < -0.4 is 5.32 Å². The highest BCUT2D eigenvalue weighted by atomic mass is 16.1. The Kier molecular flexibility index (Phi) is 4.10. The smallest absolute Gasteiger partial charge is 0.271 e. The van der Waals surface area contributed by atoms with Gasteiger partial charge in [-0.2, -0.15) is 5.10 Å². The summed E-state index contributed by atoms with van der Waals surface area (Å²) in [6.07, 6.45) is 4.50. The number of hydrogen-bond acceptors (Lipinski definition) is 4. The summed E-state index contributed by atoms with van der Waals surface area (Å²) < 4.78 is 3.72. The van der Waals surface area contributed by atoms with Crippen molar-refractivity contribution in [2.24, 2.45) is 0 Å². The van der Waals surface area contributed by atoms with E-state index in [1.54, 1.807) is 6.20 Å². The Morgan fingerprint density at radius 1 is 1.17 bits per heavy atom. The number of aryl methyl sites for hydroxylation is 4. The van der Waals surface area contributed by atoms with E-state index in [-0.39, 0.29) is 5.91 Å². The largest absolute Gasteiger partial charge is 0.351 e. The Morgan fingerprint density at radius 2 is 2.00 bits per heavy atom. The quantitative estimate of drug-likeness (QED) is 0.727. The lowest BCUT2D eigenvalue weighted by Gasteiger charge is -2.04. The minimum absolute atomic E-state index is 0.155. The Labute approximate surface area is 134 Å². The van der Waals surface area contributed by atoms with Gasteiger partial charge in [-0.25, -0.2) is 9.97 Å². The summed E-state index contributed by atoms with van der Waals surface area (Å²) in [6, 6.07) is 3.88. The van der Waals surface area contributed by atoms with E-state index in [1.165, 1.54) is 0 Å². The number of nitrogens with zero attached hydrogens (tertiary/aromatic N) is 5. The summed E-state index contributed by atoms with van der Waals surface area (Å²) in [5.74, 6) is 1.51. The number of imidazole rings is 1. The van der Waals surface area contributed by atoms with Gasteiger partial charge in [-0.05, 0) is 38.8 Å². The molecule has 120 valence electrons. The number of pyridine rings is 1. The third-order valence-electron chi connectivity index (χ3n) is 3.63. The highest BCUT2D eigenvalue weighted by molar-refractivity contribution is 5.92. The molecule has 0 fully saturated rings. The fraction of sp³-hybridized carbons (Fsp3) is 0.375. The number of fused-ring (bicyclic) bond motifs is 1. The zero-order valence-electron chi connectivity index (χ0n) is 13.6. The zero-order chi connectivity index (χ0) is 16.4. The van der Waals surface area contributed by atoms with Crippen LogP contribution in [0.25, 0.3) is 5.65 Å². The maximum absolute atomic E-state index is 12.2. The molecule has 0 radical (unpaired) electrons. The number of aromatic nitrogens is 5. The van der Waals surface area contributed by atoms with Crippen LogP contribution in [0.2, 0.25) is 0 Å². The SMILES string of the molecule is Cc1ccc2nc(C(=O)NCCCn3nc(C)nc3C)cn2c1. The van der Waals surface area contributed by atoms with E-state index < -0.39 is 0 Å². The van der Waals surface area contributed by atoms with E-state index in [2.05, 4.69) is 20.4 Å². The van der Waals surface area contributed by atoms with E-state index in [0.29, 0.717) is 12.2 Å². The molecule has 23 heavy (non-hydrogen) atoms. The van der Waals surface area contributed by atoms with E-state index >= 15 is 0 Å². The first-order valence-electron chi connectivity index (χ1n) is 7.64. The minimum Gasteiger partial charge on any atom is -0.351 e. The molecule has 0 aliphatic rings. The molecule has 1 N–H and O–H groups in total. The van der Waals surface area contributed by atoms with Crippen molar-refractivity contribution < 1.29 is 4.79 Å². The van der Waals surface area contributed by atoms with Crippen molar-refractivity contribution in [1.29, 1.82) is 0 Å². The van der Waals surface area contributed by atoms with E-state index in [0.717, 1.165) is 35.8 Å². The molecule has 0 saturated carbocycles. The van der Waals surface area contributed by atoms with Crippen molar-refractivity contribution in [2.75, 3.05) is 6.54 Å². The second-order valence-electron chi connectivity index (χ2n) is 5.64. The maximum atomic E-state index is 12.2. The first-order valence-corrected chi connectivity index (χ1v) is 7.64. The molecule has 0 atom stereocenters. The normalized spacial score (nSPS) is 11.1. The molecule has 0 saturated heterocycles. The van der Waals surface area contributed by atoms with Crippen LogP contribution in [0.1, 0.15) is 34.1 Å². The van der Waals surface area contributed by atoms with Crippen LogP contribution in [-0.4, -0.2) is 36.6 Å². The highest BCUT2D eigenvalue weighted by Gasteiger charge is 2.10. The van der Waals surface area contributed by atoms with E-state index in [1.807, 2.05) is 48.2 Å². The Bertz CT molecular complexity index is 847. The third kappa shape index (κ3) is 3.39. The zero-order valence-corrected chi connectivity index (χ0v) is 13.6. The number of carbonyl (C=O) groups excluding carboxylic acids is 1. The van der Waals surface area contributed by atoms with Gasteiger partial charge >= 0.3 is 0 Å². The molecule has 3 heterocycles. The van der Waals surface area contributed by atoms with Crippen LogP contribution in [0.5, 0.6) is 0 Å². The molecule has 3 rings (SSSR count). The Morgan fingerprint density at radius 3 is 2.74 bits per heavy atom. The van der Waals surface area contributed by atoms with Gasteiger partial charge in [0.25, 0.3) is 5.91 Å². The van der Waals surface area contributed by atoms with Crippen molar-refractivity contribution in [2.45, 2.75) is 33.7 Å². The average molecular weight is 312 g/mol.